The summed E-state index contributed by atoms with van der Waals surface area (Å²) in [7, 11) is 0. The number of aromatic nitrogens is 2. The van der Waals surface area contributed by atoms with E-state index in [4.69, 9.17) is 4.74 Å². The van der Waals surface area contributed by atoms with E-state index in [2.05, 4.69) is 34.4 Å². The van der Waals surface area contributed by atoms with Gasteiger partial charge in [0.15, 0.2) is 5.13 Å². The predicted octanol–water partition coefficient (Wildman–Crippen LogP) is 2.65. The molecule has 8 nitrogen and oxygen atoms in total. The second-order valence-electron chi connectivity index (χ2n) is 8.37. The minimum Gasteiger partial charge on any atom is -0.364 e. The van der Waals surface area contributed by atoms with Crippen molar-refractivity contribution in [3.05, 3.63) is 34.6 Å². The monoisotopic (exact) mass is 451 g/mol. The molecule has 1 aliphatic heterocycles. The molecule has 2 amide bonds. The van der Waals surface area contributed by atoms with Crippen molar-refractivity contribution in [2.24, 2.45) is 5.41 Å². The molecular formula is C20H23F2N5O3S. The molecule has 0 radical (unpaired) electrons. The van der Waals surface area contributed by atoms with Crippen molar-refractivity contribution in [3.63, 3.8) is 0 Å². The van der Waals surface area contributed by atoms with E-state index in [0.29, 0.717) is 4.88 Å². The molecule has 4 rings (SSSR count). The van der Waals surface area contributed by atoms with Crippen LogP contribution in [0.15, 0.2) is 12.1 Å². The summed E-state index contributed by atoms with van der Waals surface area (Å²) < 4.78 is 32.8. The standard InChI is InChI=1S/C20H23F2N5O3S/c1-10-16(17(28)24-13-4-5-20(13,2)3)26-19(31-10)27(18(29)12-8-30-9-23-12)11-6-14(21)25-15(22)7-11/h6-7,12-13,23H,4-5,8-9H2,1-3H3,(H,24,28). The molecule has 1 aliphatic carbocycles. The number of halogens is 2. The van der Waals surface area contributed by atoms with Gasteiger partial charge < -0.3 is 10.1 Å². The van der Waals surface area contributed by atoms with E-state index >= 15 is 0 Å². The Labute approximate surface area is 182 Å². The molecule has 1 saturated heterocycles. The van der Waals surface area contributed by atoms with Crippen molar-refractivity contribution < 1.29 is 23.1 Å². The van der Waals surface area contributed by atoms with Crippen LogP contribution in [0.25, 0.3) is 0 Å². The molecule has 1 saturated carbocycles. The number of nitrogens with zero attached hydrogens (tertiary/aromatic N) is 3. The third-order valence-corrected chi connectivity index (χ3v) is 6.71. The first kappa shape index (κ1) is 21.7. The number of hydrogen-bond donors (Lipinski definition) is 2. The number of nitrogens with one attached hydrogen (secondary N) is 2. The highest BCUT2D eigenvalue weighted by Gasteiger charge is 2.40. The van der Waals surface area contributed by atoms with Gasteiger partial charge in [0.05, 0.1) is 19.0 Å². The van der Waals surface area contributed by atoms with Gasteiger partial charge in [-0.2, -0.15) is 13.8 Å². The fourth-order valence-electron chi connectivity index (χ4n) is 3.67. The van der Waals surface area contributed by atoms with E-state index in [1.54, 1.807) is 6.92 Å². The van der Waals surface area contributed by atoms with Crippen molar-refractivity contribution in [1.82, 2.24) is 20.6 Å². The zero-order valence-electron chi connectivity index (χ0n) is 17.4. The van der Waals surface area contributed by atoms with Crippen LogP contribution in [0.5, 0.6) is 0 Å². The maximum atomic E-state index is 13.8. The Bertz CT molecular complexity index is 1000. The first-order chi connectivity index (χ1) is 14.7. The second kappa shape index (κ2) is 8.21. The number of pyridine rings is 1. The van der Waals surface area contributed by atoms with Gasteiger partial charge in [0.25, 0.3) is 11.8 Å². The van der Waals surface area contributed by atoms with Gasteiger partial charge in [-0.25, -0.2) is 4.98 Å². The number of anilines is 2. The van der Waals surface area contributed by atoms with E-state index in [0.717, 1.165) is 41.2 Å². The molecule has 0 spiro atoms. The van der Waals surface area contributed by atoms with Crippen LogP contribution in [-0.4, -0.2) is 47.2 Å². The molecular weight excluding hydrogens is 428 g/mol. The Kier molecular flexibility index (Phi) is 5.75. The van der Waals surface area contributed by atoms with Gasteiger partial charge in [-0.1, -0.05) is 13.8 Å². The van der Waals surface area contributed by atoms with E-state index in [-0.39, 0.29) is 47.2 Å². The zero-order valence-corrected chi connectivity index (χ0v) is 18.2. The number of hydrogen-bond acceptors (Lipinski definition) is 7. The molecule has 2 fully saturated rings. The number of carbonyl (C=O) groups excluding carboxylic acids is 2. The molecule has 2 aliphatic rings. The van der Waals surface area contributed by atoms with Crippen LogP contribution >= 0.6 is 11.3 Å². The van der Waals surface area contributed by atoms with Crippen LogP contribution in [-0.2, 0) is 9.53 Å². The van der Waals surface area contributed by atoms with Gasteiger partial charge in [-0.15, -0.1) is 11.3 Å². The Morgan fingerprint density at radius 2 is 2.00 bits per heavy atom. The van der Waals surface area contributed by atoms with Gasteiger partial charge in [-0.3, -0.25) is 19.8 Å². The molecule has 0 aromatic carbocycles. The fourth-order valence-corrected chi connectivity index (χ4v) is 4.60. The summed E-state index contributed by atoms with van der Waals surface area (Å²) in [6.45, 7) is 6.19. The molecule has 2 unspecified atom stereocenters. The molecule has 2 aromatic rings. The average molecular weight is 451 g/mol. The van der Waals surface area contributed by atoms with Crippen LogP contribution in [0.2, 0.25) is 0 Å². The Hall–Kier alpha value is -2.50. The summed E-state index contributed by atoms with van der Waals surface area (Å²) in [5, 5.41) is 6.02. The highest BCUT2D eigenvalue weighted by molar-refractivity contribution is 7.16. The molecule has 2 N–H and O–H groups in total. The average Bonchev–Trinajstić information content (AvgIpc) is 3.35. The minimum atomic E-state index is -1.07. The van der Waals surface area contributed by atoms with Crippen LogP contribution in [0, 0.1) is 24.2 Å². The normalized spacial score (nSPS) is 22.1. The van der Waals surface area contributed by atoms with Crippen LogP contribution in [0.4, 0.5) is 19.6 Å². The third kappa shape index (κ3) is 4.30. The van der Waals surface area contributed by atoms with Crippen LogP contribution in [0.3, 0.4) is 0 Å². The van der Waals surface area contributed by atoms with Crippen LogP contribution < -0.4 is 15.5 Å². The number of ether oxygens (including phenoxy) is 1. The van der Waals surface area contributed by atoms with E-state index in [1.165, 1.54) is 0 Å². The second-order valence-corrected chi connectivity index (χ2v) is 9.55. The van der Waals surface area contributed by atoms with Gasteiger partial charge in [0.1, 0.15) is 11.7 Å². The molecule has 11 heteroatoms. The van der Waals surface area contributed by atoms with E-state index in [9.17, 15) is 18.4 Å². The Morgan fingerprint density at radius 1 is 1.29 bits per heavy atom. The van der Waals surface area contributed by atoms with Crippen molar-refractivity contribution in [2.75, 3.05) is 18.2 Å². The lowest BCUT2D eigenvalue weighted by Crippen LogP contribution is -2.52. The maximum absolute atomic E-state index is 13.8. The molecule has 31 heavy (non-hydrogen) atoms. The largest absolute Gasteiger partial charge is 0.364 e. The van der Waals surface area contributed by atoms with Crippen molar-refractivity contribution in [2.45, 2.75) is 45.7 Å². The summed E-state index contributed by atoms with van der Waals surface area (Å²) in [6.07, 6.45) is 1.92. The molecule has 3 heterocycles. The lowest BCUT2D eigenvalue weighted by molar-refractivity contribution is -0.119. The van der Waals surface area contributed by atoms with E-state index < -0.39 is 23.8 Å². The summed E-state index contributed by atoms with van der Waals surface area (Å²) in [4.78, 5) is 35.1. The van der Waals surface area contributed by atoms with Gasteiger partial charge in [0, 0.05) is 23.1 Å². The van der Waals surface area contributed by atoms with Gasteiger partial charge in [0.2, 0.25) is 11.9 Å². The maximum Gasteiger partial charge on any atom is 0.271 e. The van der Waals surface area contributed by atoms with Gasteiger partial charge >= 0.3 is 0 Å². The highest BCUT2D eigenvalue weighted by atomic mass is 32.1. The summed E-state index contributed by atoms with van der Waals surface area (Å²) in [5.41, 5.74) is 0.139. The van der Waals surface area contributed by atoms with Crippen molar-refractivity contribution in [3.8, 4) is 0 Å². The van der Waals surface area contributed by atoms with Gasteiger partial charge in [-0.05, 0) is 25.2 Å². The Balaban J connectivity index is 1.67. The zero-order chi connectivity index (χ0) is 22.3. The van der Waals surface area contributed by atoms with Crippen LogP contribution in [0.1, 0.15) is 42.1 Å². The summed E-state index contributed by atoms with van der Waals surface area (Å²) in [6, 6.07) is 1.23. The quantitative estimate of drug-likeness (QED) is 0.679. The molecule has 2 aromatic heterocycles. The number of carbonyl (C=O) groups is 2. The Morgan fingerprint density at radius 3 is 2.55 bits per heavy atom. The van der Waals surface area contributed by atoms with E-state index in [1.807, 2.05) is 0 Å². The smallest absolute Gasteiger partial charge is 0.271 e. The lowest BCUT2D eigenvalue weighted by atomic mass is 9.67. The first-order valence-corrected chi connectivity index (χ1v) is 10.7. The SMILES string of the molecule is Cc1sc(N(C(=O)C2COCN2)c2cc(F)nc(F)c2)nc1C(=O)NC1CCC1(C)C. The van der Waals surface area contributed by atoms with Crippen molar-refractivity contribution in [1.29, 1.82) is 0 Å². The predicted molar refractivity (Wildman–Crippen MR) is 110 cm³/mol. The fraction of sp³-hybridized carbons (Fsp3) is 0.500. The summed E-state index contributed by atoms with van der Waals surface area (Å²) in [5.74, 6) is -2.97. The first-order valence-electron chi connectivity index (χ1n) is 9.92. The molecule has 0 bridgehead atoms. The molecule has 166 valence electrons. The number of aryl methyl sites for hydroxylation is 1. The summed E-state index contributed by atoms with van der Waals surface area (Å²) >= 11 is 1.10. The molecule has 2 atom stereocenters. The lowest BCUT2D eigenvalue weighted by Gasteiger charge is -2.44. The third-order valence-electron chi connectivity index (χ3n) is 5.76. The number of amides is 2. The number of thiazole rings is 1. The highest BCUT2D eigenvalue weighted by Crippen LogP contribution is 2.40. The number of rotatable bonds is 5. The van der Waals surface area contributed by atoms with Crippen molar-refractivity contribution >= 4 is 34.0 Å². The minimum absolute atomic E-state index is 0.0185. The topological polar surface area (TPSA) is 96.4 Å².